The number of benzene rings is 2. The second-order valence-corrected chi connectivity index (χ2v) is 6.81. The first-order valence-corrected chi connectivity index (χ1v) is 8.54. The van der Waals surface area contributed by atoms with Crippen LogP contribution in [0.1, 0.15) is 17.3 Å². The normalized spacial score (nSPS) is 11.0. The fraction of sp³-hybridized carbons (Fsp3) is 0.188. The third-order valence-electron chi connectivity index (χ3n) is 3.30. The zero-order valence-electron chi connectivity index (χ0n) is 12.7. The number of rotatable bonds is 6. The summed E-state index contributed by atoms with van der Waals surface area (Å²) in [6, 6.07) is 11.3. The fourth-order valence-electron chi connectivity index (χ4n) is 2.04. The van der Waals surface area contributed by atoms with E-state index < -0.39 is 16.0 Å². The first-order chi connectivity index (χ1) is 10.9. The molecular formula is C16H17NO5S. The Morgan fingerprint density at radius 3 is 2.35 bits per heavy atom. The van der Waals surface area contributed by atoms with Crippen LogP contribution in [0.25, 0.3) is 11.1 Å². The highest BCUT2D eigenvalue weighted by Crippen LogP contribution is 2.32. The Labute approximate surface area is 134 Å². The van der Waals surface area contributed by atoms with Crippen molar-refractivity contribution in [3.05, 3.63) is 48.0 Å². The average Bonchev–Trinajstić information content (AvgIpc) is 2.54. The second-order valence-electron chi connectivity index (χ2n) is 4.80. The van der Waals surface area contributed by atoms with Crippen molar-refractivity contribution in [2.45, 2.75) is 6.92 Å². The molecule has 2 aromatic rings. The summed E-state index contributed by atoms with van der Waals surface area (Å²) in [5, 5.41) is 8.93. The van der Waals surface area contributed by atoms with Gasteiger partial charge >= 0.3 is 5.97 Å². The molecule has 0 spiro atoms. The Morgan fingerprint density at radius 1 is 1.17 bits per heavy atom. The Morgan fingerprint density at radius 2 is 1.83 bits per heavy atom. The van der Waals surface area contributed by atoms with Gasteiger partial charge in [0.1, 0.15) is 5.75 Å². The smallest absolute Gasteiger partial charge is 0.335 e. The minimum Gasteiger partial charge on any atom is -0.496 e. The van der Waals surface area contributed by atoms with E-state index in [9.17, 15) is 13.2 Å². The van der Waals surface area contributed by atoms with Crippen LogP contribution in [0.2, 0.25) is 0 Å². The van der Waals surface area contributed by atoms with Gasteiger partial charge in [0.2, 0.25) is 10.0 Å². The van der Waals surface area contributed by atoms with Crippen molar-refractivity contribution in [2.24, 2.45) is 0 Å². The standard InChI is InChI=1S/C16H17NO5S/c1-3-23(20,21)17-13-8-9-14(15(10-13)22-2)11-4-6-12(7-5-11)16(18)19/h4-10,17H,3H2,1-2H3,(H,18,19). The Kier molecular flexibility index (Phi) is 4.90. The van der Waals surface area contributed by atoms with E-state index in [-0.39, 0.29) is 11.3 Å². The number of hydrogen-bond donors (Lipinski definition) is 2. The van der Waals surface area contributed by atoms with Crippen molar-refractivity contribution in [3.8, 4) is 16.9 Å². The first-order valence-electron chi connectivity index (χ1n) is 6.88. The number of carbonyl (C=O) groups is 1. The molecule has 0 aromatic heterocycles. The monoisotopic (exact) mass is 335 g/mol. The van der Waals surface area contributed by atoms with Crippen molar-refractivity contribution in [2.75, 3.05) is 17.6 Å². The van der Waals surface area contributed by atoms with Crippen molar-refractivity contribution in [3.63, 3.8) is 0 Å². The maximum atomic E-state index is 11.6. The highest BCUT2D eigenvalue weighted by molar-refractivity contribution is 7.92. The van der Waals surface area contributed by atoms with E-state index in [1.807, 2.05) is 0 Å². The molecule has 0 heterocycles. The van der Waals surface area contributed by atoms with Gasteiger partial charge in [-0.1, -0.05) is 12.1 Å². The summed E-state index contributed by atoms with van der Waals surface area (Å²) >= 11 is 0. The molecule has 0 amide bonds. The minimum absolute atomic E-state index is 0.0201. The Balaban J connectivity index is 2.38. The maximum Gasteiger partial charge on any atom is 0.335 e. The van der Waals surface area contributed by atoms with Crippen LogP contribution in [-0.2, 0) is 10.0 Å². The van der Waals surface area contributed by atoms with Gasteiger partial charge in [0.15, 0.2) is 0 Å². The van der Waals surface area contributed by atoms with Gasteiger partial charge in [-0.15, -0.1) is 0 Å². The summed E-state index contributed by atoms with van der Waals surface area (Å²) in [7, 11) is -1.87. The molecule has 0 aliphatic heterocycles. The van der Waals surface area contributed by atoms with E-state index in [2.05, 4.69) is 4.72 Å². The summed E-state index contributed by atoms with van der Waals surface area (Å²) in [5.74, 6) is -0.523. The van der Waals surface area contributed by atoms with Gasteiger partial charge in [0.25, 0.3) is 0 Å². The lowest BCUT2D eigenvalue weighted by atomic mass is 10.0. The lowest BCUT2D eigenvalue weighted by Gasteiger charge is -2.12. The number of methoxy groups -OCH3 is 1. The predicted octanol–water partition coefficient (Wildman–Crippen LogP) is 2.82. The number of anilines is 1. The summed E-state index contributed by atoms with van der Waals surface area (Å²) in [6.45, 7) is 1.55. The SMILES string of the molecule is CCS(=O)(=O)Nc1ccc(-c2ccc(C(=O)O)cc2)c(OC)c1. The molecule has 0 aliphatic carbocycles. The number of nitrogens with one attached hydrogen (secondary N) is 1. The van der Waals surface area contributed by atoms with Crippen molar-refractivity contribution >= 4 is 21.7 Å². The van der Waals surface area contributed by atoms with E-state index in [4.69, 9.17) is 9.84 Å². The molecule has 6 nitrogen and oxygen atoms in total. The molecule has 0 aliphatic rings. The molecule has 0 bridgehead atoms. The van der Waals surface area contributed by atoms with Gasteiger partial charge in [-0.05, 0) is 36.8 Å². The number of carboxylic acids is 1. The van der Waals surface area contributed by atoms with Crippen LogP contribution < -0.4 is 9.46 Å². The summed E-state index contributed by atoms with van der Waals surface area (Å²) < 4.78 is 31.0. The van der Waals surface area contributed by atoms with Crippen LogP contribution in [0.4, 0.5) is 5.69 Å². The number of aromatic carboxylic acids is 1. The largest absolute Gasteiger partial charge is 0.496 e. The average molecular weight is 335 g/mol. The van der Waals surface area contributed by atoms with Gasteiger partial charge in [-0.25, -0.2) is 13.2 Å². The fourth-order valence-corrected chi connectivity index (χ4v) is 2.67. The number of hydrogen-bond acceptors (Lipinski definition) is 4. The van der Waals surface area contributed by atoms with E-state index >= 15 is 0 Å². The lowest BCUT2D eigenvalue weighted by molar-refractivity contribution is 0.0697. The van der Waals surface area contributed by atoms with E-state index in [0.717, 1.165) is 11.1 Å². The van der Waals surface area contributed by atoms with Crippen LogP contribution in [0.5, 0.6) is 5.75 Å². The highest BCUT2D eigenvalue weighted by Gasteiger charge is 2.12. The van der Waals surface area contributed by atoms with Crippen LogP contribution in [0, 0.1) is 0 Å². The topological polar surface area (TPSA) is 92.7 Å². The Hall–Kier alpha value is -2.54. The van der Waals surface area contributed by atoms with Gasteiger partial charge in [-0.2, -0.15) is 0 Å². The quantitative estimate of drug-likeness (QED) is 0.847. The predicted molar refractivity (Wildman–Crippen MR) is 88.5 cm³/mol. The van der Waals surface area contributed by atoms with Crippen molar-refractivity contribution in [1.29, 1.82) is 0 Å². The first kappa shape index (κ1) is 16.8. The molecule has 0 atom stereocenters. The molecule has 2 N–H and O–H groups in total. The van der Waals surface area contributed by atoms with Crippen LogP contribution in [0.15, 0.2) is 42.5 Å². The molecule has 23 heavy (non-hydrogen) atoms. The summed E-state index contributed by atoms with van der Waals surface area (Å²) in [6.07, 6.45) is 0. The third-order valence-corrected chi connectivity index (χ3v) is 4.60. The number of ether oxygens (including phenoxy) is 1. The van der Waals surface area contributed by atoms with Crippen LogP contribution in [-0.4, -0.2) is 32.4 Å². The van der Waals surface area contributed by atoms with E-state index in [1.165, 1.54) is 19.2 Å². The van der Waals surface area contributed by atoms with Gasteiger partial charge in [0.05, 0.1) is 24.1 Å². The minimum atomic E-state index is -3.36. The van der Waals surface area contributed by atoms with Gasteiger partial charge < -0.3 is 9.84 Å². The second kappa shape index (κ2) is 6.70. The Bertz CT molecular complexity index is 813. The van der Waals surface area contributed by atoms with E-state index in [1.54, 1.807) is 37.3 Å². The molecular weight excluding hydrogens is 318 g/mol. The zero-order chi connectivity index (χ0) is 17.0. The summed E-state index contributed by atoms with van der Waals surface area (Å²) in [5.41, 5.74) is 2.12. The lowest BCUT2D eigenvalue weighted by Crippen LogP contribution is -2.14. The van der Waals surface area contributed by atoms with Crippen LogP contribution in [0.3, 0.4) is 0 Å². The molecule has 0 fully saturated rings. The van der Waals surface area contributed by atoms with Crippen molar-refractivity contribution in [1.82, 2.24) is 0 Å². The molecule has 0 unspecified atom stereocenters. The molecule has 0 saturated heterocycles. The number of sulfonamides is 1. The molecule has 2 aromatic carbocycles. The molecule has 122 valence electrons. The van der Waals surface area contributed by atoms with Crippen molar-refractivity contribution < 1.29 is 23.1 Å². The third kappa shape index (κ3) is 4.01. The van der Waals surface area contributed by atoms with E-state index in [0.29, 0.717) is 11.4 Å². The van der Waals surface area contributed by atoms with Crippen LogP contribution >= 0.6 is 0 Å². The highest BCUT2D eigenvalue weighted by atomic mass is 32.2. The molecule has 2 rings (SSSR count). The molecule has 0 saturated carbocycles. The summed E-state index contributed by atoms with van der Waals surface area (Å²) in [4.78, 5) is 10.9. The molecule has 0 radical (unpaired) electrons. The molecule has 7 heteroatoms. The number of carboxylic acid groups (broad SMARTS) is 1. The zero-order valence-corrected chi connectivity index (χ0v) is 13.6. The van der Waals surface area contributed by atoms with Gasteiger partial charge in [-0.3, -0.25) is 4.72 Å². The van der Waals surface area contributed by atoms with Gasteiger partial charge in [0, 0.05) is 11.6 Å². The maximum absolute atomic E-state index is 11.6.